The molecule has 2 N–H and O–H groups in total. The van der Waals surface area contributed by atoms with Gasteiger partial charge < -0.3 is 9.73 Å². The van der Waals surface area contributed by atoms with Crippen molar-refractivity contribution in [3.8, 4) is 0 Å². The van der Waals surface area contributed by atoms with E-state index in [-0.39, 0.29) is 18.2 Å². The Kier molecular flexibility index (Phi) is 5.67. The Morgan fingerprint density at radius 3 is 2.21 bits per heavy atom. The Balaban J connectivity index is 1.67. The zero-order chi connectivity index (χ0) is 20.3. The minimum atomic E-state index is -3.63. The number of hydrogen-bond acceptors (Lipinski definition) is 4. The van der Waals surface area contributed by atoms with E-state index >= 15 is 0 Å². The number of sulfonamides is 1. The van der Waals surface area contributed by atoms with Crippen molar-refractivity contribution in [2.24, 2.45) is 0 Å². The predicted molar refractivity (Wildman–Crippen MR) is 108 cm³/mol. The molecule has 0 saturated heterocycles. The smallest absolute Gasteiger partial charge is 0.291 e. The van der Waals surface area contributed by atoms with Crippen LogP contribution in [0, 0.1) is 20.8 Å². The van der Waals surface area contributed by atoms with Crippen LogP contribution in [0.2, 0.25) is 0 Å². The van der Waals surface area contributed by atoms with Crippen LogP contribution >= 0.6 is 0 Å². The summed E-state index contributed by atoms with van der Waals surface area (Å²) in [6.07, 6.45) is 1.43. The molecule has 1 heterocycles. The maximum absolute atomic E-state index is 12.7. The standard InChI is InChI=1S/C21H22N2O4S/c1-14-11-15(2)20(16(3)12-14)28(25,26)22-13-17-6-8-18(9-7-17)23-21(24)19-5-4-10-27-19/h4-12,22H,13H2,1-3H3,(H,23,24). The highest BCUT2D eigenvalue weighted by Crippen LogP contribution is 2.22. The first-order valence-corrected chi connectivity index (χ1v) is 10.3. The summed E-state index contributed by atoms with van der Waals surface area (Å²) < 4.78 is 33.1. The van der Waals surface area contributed by atoms with E-state index in [1.54, 1.807) is 50.2 Å². The summed E-state index contributed by atoms with van der Waals surface area (Å²) in [5, 5.41) is 2.72. The molecule has 0 aliphatic rings. The van der Waals surface area contributed by atoms with Crippen LogP contribution in [0.1, 0.15) is 32.8 Å². The molecule has 0 atom stereocenters. The SMILES string of the molecule is Cc1cc(C)c(S(=O)(=O)NCc2ccc(NC(=O)c3ccco3)cc2)c(C)c1. The highest BCUT2D eigenvalue weighted by molar-refractivity contribution is 7.89. The van der Waals surface area contributed by atoms with Crippen molar-refractivity contribution in [1.29, 1.82) is 0 Å². The van der Waals surface area contributed by atoms with E-state index in [1.165, 1.54) is 6.26 Å². The van der Waals surface area contributed by atoms with Crippen LogP contribution in [0.5, 0.6) is 0 Å². The van der Waals surface area contributed by atoms with Crippen molar-refractivity contribution < 1.29 is 17.6 Å². The molecule has 0 saturated carbocycles. The molecule has 1 aromatic heterocycles. The molecule has 0 radical (unpaired) electrons. The van der Waals surface area contributed by atoms with Gasteiger partial charge in [0.1, 0.15) is 0 Å². The Labute approximate surface area is 164 Å². The summed E-state index contributed by atoms with van der Waals surface area (Å²) >= 11 is 0. The summed E-state index contributed by atoms with van der Waals surface area (Å²) in [5.74, 6) is -0.121. The topological polar surface area (TPSA) is 88.4 Å². The normalized spacial score (nSPS) is 11.4. The summed E-state index contributed by atoms with van der Waals surface area (Å²) in [7, 11) is -3.63. The van der Waals surface area contributed by atoms with E-state index in [0.717, 1.165) is 22.3 Å². The average molecular weight is 398 g/mol. The van der Waals surface area contributed by atoms with E-state index < -0.39 is 10.0 Å². The first-order chi connectivity index (χ1) is 13.3. The molecule has 28 heavy (non-hydrogen) atoms. The minimum absolute atomic E-state index is 0.154. The molecule has 0 bridgehead atoms. The van der Waals surface area contributed by atoms with E-state index in [9.17, 15) is 13.2 Å². The molecule has 7 heteroatoms. The second-order valence-electron chi connectivity index (χ2n) is 6.68. The zero-order valence-electron chi connectivity index (χ0n) is 15.9. The minimum Gasteiger partial charge on any atom is -0.459 e. The van der Waals surface area contributed by atoms with E-state index in [1.807, 2.05) is 19.1 Å². The van der Waals surface area contributed by atoms with Crippen LogP contribution in [-0.4, -0.2) is 14.3 Å². The van der Waals surface area contributed by atoms with Crippen molar-refractivity contribution in [1.82, 2.24) is 4.72 Å². The van der Waals surface area contributed by atoms with Gasteiger partial charge in [-0.15, -0.1) is 0 Å². The third-order valence-electron chi connectivity index (χ3n) is 4.30. The molecule has 0 spiro atoms. The molecule has 2 aromatic carbocycles. The molecular formula is C21H22N2O4S. The van der Waals surface area contributed by atoms with Gasteiger partial charge in [-0.3, -0.25) is 4.79 Å². The first-order valence-electron chi connectivity index (χ1n) is 8.77. The molecule has 0 unspecified atom stereocenters. The van der Waals surface area contributed by atoms with Crippen molar-refractivity contribution in [3.05, 3.63) is 82.8 Å². The van der Waals surface area contributed by atoms with Gasteiger partial charge in [0.05, 0.1) is 11.2 Å². The largest absolute Gasteiger partial charge is 0.459 e. The summed E-state index contributed by atoms with van der Waals surface area (Å²) in [5.41, 5.74) is 3.85. The number of amides is 1. The number of hydrogen-bond donors (Lipinski definition) is 2. The maximum atomic E-state index is 12.7. The highest BCUT2D eigenvalue weighted by atomic mass is 32.2. The van der Waals surface area contributed by atoms with Gasteiger partial charge in [0.2, 0.25) is 10.0 Å². The van der Waals surface area contributed by atoms with Crippen LogP contribution in [0.3, 0.4) is 0 Å². The lowest BCUT2D eigenvalue weighted by Crippen LogP contribution is -2.25. The van der Waals surface area contributed by atoms with Gasteiger partial charge in [-0.05, 0) is 61.7 Å². The maximum Gasteiger partial charge on any atom is 0.291 e. The Bertz CT molecular complexity index is 1060. The van der Waals surface area contributed by atoms with Gasteiger partial charge in [-0.2, -0.15) is 0 Å². The lowest BCUT2D eigenvalue weighted by Gasteiger charge is -2.13. The summed E-state index contributed by atoms with van der Waals surface area (Å²) in [6, 6.07) is 13.9. The number of carbonyl (C=O) groups excluding carboxylic acids is 1. The third kappa shape index (κ3) is 4.49. The van der Waals surface area contributed by atoms with E-state index in [0.29, 0.717) is 10.6 Å². The van der Waals surface area contributed by atoms with Crippen molar-refractivity contribution in [2.75, 3.05) is 5.32 Å². The Morgan fingerprint density at radius 2 is 1.64 bits per heavy atom. The lowest BCUT2D eigenvalue weighted by molar-refractivity contribution is 0.0996. The van der Waals surface area contributed by atoms with Gasteiger partial charge in [0, 0.05) is 12.2 Å². The molecule has 6 nitrogen and oxygen atoms in total. The molecule has 1 amide bonds. The molecular weight excluding hydrogens is 376 g/mol. The van der Waals surface area contributed by atoms with Crippen molar-refractivity contribution >= 4 is 21.6 Å². The van der Waals surface area contributed by atoms with Gasteiger partial charge in [-0.1, -0.05) is 29.8 Å². The van der Waals surface area contributed by atoms with E-state index in [2.05, 4.69) is 10.0 Å². The van der Waals surface area contributed by atoms with Crippen LogP contribution in [0.4, 0.5) is 5.69 Å². The quantitative estimate of drug-likeness (QED) is 0.658. The number of benzene rings is 2. The average Bonchev–Trinajstić information content (AvgIpc) is 3.15. The Hall–Kier alpha value is -2.90. The van der Waals surface area contributed by atoms with Gasteiger partial charge in [0.25, 0.3) is 5.91 Å². The number of carbonyl (C=O) groups is 1. The fourth-order valence-electron chi connectivity index (χ4n) is 3.15. The number of nitrogens with one attached hydrogen (secondary N) is 2. The van der Waals surface area contributed by atoms with Crippen LogP contribution < -0.4 is 10.0 Å². The highest BCUT2D eigenvalue weighted by Gasteiger charge is 2.19. The predicted octanol–water partition coefficient (Wildman–Crippen LogP) is 3.94. The molecule has 0 fully saturated rings. The van der Waals surface area contributed by atoms with Crippen molar-refractivity contribution in [2.45, 2.75) is 32.2 Å². The van der Waals surface area contributed by atoms with Crippen molar-refractivity contribution in [3.63, 3.8) is 0 Å². The zero-order valence-corrected chi connectivity index (χ0v) is 16.8. The van der Waals surface area contributed by atoms with Crippen LogP contribution in [-0.2, 0) is 16.6 Å². The van der Waals surface area contributed by atoms with Gasteiger partial charge >= 0.3 is 0 Å². The summed E-state index contributed by atoms with van der Waals surface area (Å²) in [6.45, 7) is 5.69. The number of anilines is 1. The lowest BCUT2D eigenvalue weighted by atomic mass is 10.1. The number of furan rings is 1. The van der Waals surface area contributed by atoms with E-state index in [4.69, 9.17) is 4.42 Å². The molecule has 3 rings (SSSR count). The second kappa shape index (κ2) is 8.00. The number of rotatable bonds is 6. The Morgan fingerprint density at radius 1 is 1.00 bits per heavy atom. The molecule has 0 aliphatic heterocycles. The van der Waals surface area contributed by atoms with Crippen LogP contribution in [0.15, 0.2) is 64.1 Å². The van der Waals surface area contributed by atoms with Gasteiger partial charge in [0.15, 0.2) is 5.76 Å². The number of aryl methyl sites for hydroxylation is 3. The molecule has 3 aromatic rings. The van der Waals surface area contributed by atoms with Crippen LogP contribution in [0.25, 0.3) is 0 Å². The molecule has 146 valence electrons. The fourth-order valence-corrected chi connectivity index (χ4v) is 4.61. The third-order valence-corrected chi connectivity index (χ3v) is 6.00. The fraction of sp³-hybridized carbons (Fsp3) is 0.190. The van der Waals surface area contributed by atoms with Gasteiger partial charge in [-0.25, -0.2) is 13.1 Å². The summed E-state index contributed by atoms with van der Waals surface area (Å²) in [4.78, 5) is 12.3. The molecule has 0 aliphatic carbocycles. The second-order valence-corrected chi connectivity index (χ2v) is 8.38. The monoisotopic (exact) mass is 398 g/mol. The first kappa shape index (κ1) is 19.9.